The summed E-state index contributed by atoms with van der Waals surface area (Å²) in [5.41, 5.74) is 2.67. The van der Waals surface area contributed by atoms with E-state index >= 15 is 0 Å². The lowest BCUT2D eigenvalue weighted by atomic mass is 9.93. The number of rotatable bonds is 8. The molecule has 2 aromatic carbocycles. The third kappa shape index (κ3) is 5.58. The summed E-state index contributed by atoms with van der Waals surface area (Å²) < 4.78 is 23.6. The van der Waals surface area contributed by atoms with Gasteiger partial charge < -0.3 is 19.7 Å². The van der Waals surface area contributed by atoms with E-state index in [-0.39, 0.29) is 31.4 Å². The molecular formula is C25H23ClFN3O4S. The summed E-state index contributed by atoms with van der Waals surface area (Å²) in [5, 5.41) is 5.70. The van der Waals surface area contributed by atoms with Crippen molar-refractivity contribution in [1.82, 2.24) is 4.90 Å². The largest absolute Gasteiger partial charge is 0.460 e. The number of allylic oxidation sites excluding steroid dienone is 1. The molecule has 0 radical (unpaired) electrons. The lowest BCUT2D eigenvalue weighted by Crippen LogP contribution is -2.37. The number of methoxy groups -OCH3 is 1. The number of ether oxygens (including phenoxy) is 2. The van der Waals surface area contributed by atoms with Crippen LogP contribution in [0.25, 0.3) is 0 Å². The van der Waals surface area contributed by atoms with Crippen LogP contribution < -0.4 is 5.32 Å². The highest BCUT2D eigenvalue weighted by molar-refractivity contribution is 8.16. The quantitative estimate of drug-likeness (QED) is 0.381. The molecule has 182 valence electrons. The Kier molecular flexibility index (Phi) is 7.90. The molecule has 0 spiro atoms. The zero-order chi connectivity index (χ0) is 24.9. The number of nitrogens with zero attached hydrogens (tertiary/aromatic N) is 2. The number of benzene rings is 2. The van der Waals surface area contributed by atoms with Gasteiger partial charge in [0.1, 0.15) is 12.4 Å². The molecular weight excluding hydrogens is 493 g/mol. The number of carbonyl (C=O) groups is 2. The monoisotopic (exact) mass is 515 g/mol. The number of hydrogen-bond donors (Lipinski definition) is 1. The number of carbonyl (C=O) groups excluding carboxylic acids is 2. The van der Waals surface area contributed by atoms with Gasteiger partial charge >= 0.3 is 5.97 Å². The molecule has 0 aliphatic carbocycles. The van der Waals surface area contributed by atoms with E-state index in [0.717, 1.165) is 0 Å². The Balaban J connectivity index is 1.64. The maximum Gasteiger partial charge on any atom is 0.338 e. The molecule has 0 bridgehead atoms. The van der Waals surface area contributed by atoms with Crippen molar-refractivity contribution < 1.29 is 23.5 Å². The fourth-order valence-electron chi connectivity index (χ4n) is 3.82. The maximum atomic E-state index is 13.2. The van der Waals surface area contributed by atoms with Gasteiger partial charge in [0, 0.05) is 23.5 Å². The molecule has 2 aliphatic rings. The van der Waals surface area contributed by atoms with Gasteiger partial charge in [-0.2, -0.15) is 0 Å². The summed E-state index contributed by atoms with van der Waals surface area (Å²) in [6.07, 6.45) is 0.00932. The van der Waals surface area contributed by atoms with Crippen molar-refractivity contribution >= 4 is 46.1 Å². The molecule has 1 unspecified atom stereocenters. The molecule has 35 heavy (non-hydrogen) atoms. The van der Waals surface area contributed by atoms with Gasteiger partial charge in [-0.3, -0.25) is 4.79 Å². The summed E-state index contributed by atoms with van der Waals surface area (Å²) in [7, 11) is 1.53. The first-order valence-corrected chi connectivity index (χ1v) is 12.0. The average molecular weight is 516 g/mol. The normalized spacial score (nSPS) is 17.0. The van der Waals surface area contributed by atoms with E-state index in [1.807, 2.05) is 28.5 Å². The number of fused-ring (bicyclic) bond motifs is 1. The molecule has 2 heterocycles. The van der Waals surface area contributed by atoms with E-state index < -0.39 is 12.0 Å². The highest BCUT2D eigenvalue weighted by Gasteiger charge is 2.41. The Morgan fingerprint density at radius 3 is 2.63 bits per heavy atom. The minimum atomic E-state index is -0.633. The minimum absolute atomic E-state index is 0.00932. The second-order valence-electron chi connectivity index (χ2n) is 7.78. The lowest BCUT2D eigenvalue weighted by molar-refractivity contribution is -0.141. The van der Waals surface area contributed by atoms with Crippen LogP contribution in [0.5, 0.6) is 0 Å². The summed E-state index contributed by atoms with van der Waals surface area (Å²) in [4.78, 5) is 32.4. The highest BCUT2D eigenvalue weighted by atomic mass is 35.5. The van der Waals surface area contributed by atoms with Gasteiger partial charge in [-0.25, -0.2) is 14.2 Å². The standard InChI is InChI=1S/C25H23ClFN3O4S/c1-15-22(24(32)34-12-11-33-2)23(19-5-3-4-6-20(19)26)30-18(14-35-25(30)28-15)13-21(31)29-17-9-7-16(27)8-10-17/h3-10,14,23H,11-13H2,1-2H3,(H,29,31). The van der Waals surface area contributed by atoms with Gasteiger partial charge in [-0.05, 0) is 48.2 Å². The third-order valence-electron chi connectivity index (χ3n) is 5.41. The summed E-state index contributed by atoms with van der Waals surface area (Å²) in [6, 6.07) is 12.1. The van der Waals surface area contributed by atoms with E-state index in [4.69, 9.17) is 21.1 Å². The van der Waals surface area contributed by atoms with Crippen molar-refractivity contribution in [2.75, 3.05) is 25.6 Å². The van der Waals surface area contributed by atoms with Crippen LogP contribution in [0.3, 0.4) is 0 Å². The second-order valence-corrected chi connectivity index (χ2v) is 9.02. The predicted molar refractivity (Wildman–Crippen MR) is 134 cm³/mol. The Labute approximate surface area is 211 Å². The van der Waals surface area contributed by atoms with E-state index in [9.17, 15) is 14.0 Å². The van der Waals surface area contributed by atoms with Crippen molar-refractivity contribution in [2.45, 2.75) is 19.4 Å². The molecule has 4 rings (SSSR count). The molecule has 0 aromatic heterocycles. The van der Waals surface area contributed by atoms with E-state index in [2.05, 4.69) is 10.3 Å². The Bertz CT molecular complexity index is 1230. The Hall–Kier alpha value is -3.14. The van der Waals surface area contributed by atoms with Gasteiger partial charge in [0.2, 0.25) is 5.91 Å². The van der Waals surface area contributed by atoms with Gasteiger partial charge in [-0.1, -0.05) is 41.6 Å². The lowest BCUT2D eigenvalue weighted by Gasteiger charge is -2.36. The number of thioether (sulfide) groups is 1. The smallest absolute Gasteiger partial charge is 0.338 e. The van der Waals surface area contributed by atoms with Crippen molar-refractivity contribution in [3.63, 3.8) is 0 Å². The Morgan fingerprint density at radius 1 is 1.17 bits per heavy atom. The second kappa shape index (κ2) is 11.1. The first kappa shape index (κ1) is 25.0. The van der Waals surface area contributed by atoms with Gasteiger partial charge in [-0.15, -0.1) is 0 Å². The zero-order valence-electron chi connectivity index (χ0n) is 19.1. The van der Waals surface area contributed by atoms with Crippen molar-refractivity contribution in [3.8, 4) is 0 Å². The number of halogens is 2. The molecule has 0 fully saturated rings. The van der Waals surface area contributed by atoms with Crippen LogP contribution in [0.4, 0.5) is 10.1 Å². The number of amidine groups is 1. The predicted octanol–water partition coefficient (Wildman–Crippen LogP) is 5.27. The molecule has 0 saturated heterocycles. The van der Waals surface area contributed by atoms with E-state index in [1.165, 1.54) is 43.1 Å². The van der Waals surface area contributed by atoms with Gasteiger partial charge in [0.15, 0.2) is 5.17 Å². The molecule has 2 aromatic rings. The van der Waals surface area contributed by atoms with E-state index in [1.54, 1.807) is 13.0 Å². The molecule has 10 heteroatoms. The molecule has 7 nitrogen and oxygen atoms in total. The molecule has 1 N–H and O–H groups in total. The number of amides is 1. The maximum absolute atomic E-state index is 13.2. The van der Waals surface area contributed by atoms with Crippen LogP contribution in [0.1, 0.15) is 24.9 Å². The average Bonchev–Trinajstić information content (AvgIpc) is 3.22. The molecule has 1 amide bonds. The summed E-state index contributed by atoms with van der Waals surface area (Å²) >= 11 is 7.93. The SMILES string of the molecule is COCCOC(=O)C1=C(C)N=C2SC=C(CC(=O)Nc3ccc(F)cc3)N2C1c1ccccc1Cl. The molecule has 1 atom stereocenters. The van der Waals surface area contributed by atoms with Crippen LogP contribution in [0, 0.1) is 5.82 Å². The number of anilines is 1. The number of hydrogen-bond acceptors (Lipinski definition) is 7. The van der Waals surface area contributed by atoms with Crippen LogP contribution in [-0.2, 0) is 19.1 Å². The summed E-state index contributed by atoms with van der Waals surface area (Å²) in [5.74, 6) is -1.21. The molecule has 2 aliphatic heterocycles. The number of nitrogens with one attached hydrogen (secondary N) is 1. The van der Waals surface area contributed by atoms with Crippen molar-refractivity contribution in [3.05, 3.63) is 87.3 Å². The first-order valence-electron chi connectivity index (χ1n) is 10.8. The first-order chi connectivity index (χ1) is 16.9. The highest BCUT2D eigenvalue weighted by Crippen LogP contribution is 2.46. The van der Waals surface area contributed by atoms with Gasteiger partial charge in [0.25, 0.3) is 0 Å². The van der Waals surface area contributed by atoms with Crippen LogP contribution >= 0.6 is 23.4 Å². The molecule has 0 saturated carbocycles. The third-order valence-corrected chi connectivity index (χ3v) is 6.64. The topological polar surface area (TPSA) is 80.2 Å². The minimum Gasteiger partial charge on any atom is -0.460 e. The fourth-order valence-corrected chi connectivity index (χ4v) is 5.02. The number of aliphatic imine (C=N–C) groups is 1. The Morgan fingerprint density at radius 2 is 1.91 bits per heavy atom. The van der Waals surface area contributed by atoms with Crippen molar-refractivity contribution in [2.24, 2.45) is 4.99 Å². The number of esters is 1. The van der Waals surface area contributed by atoms with E-state index in [0.29, 0.717) is 38.4 Å². The van der Waals surface area contributed by atoms with Crippen molar-refractivity contribution in [1.29, 1.82) is 0 Å². The fraction of sp³-hybridized carbons (Fsp3) is 0.240. The summed E-state index contributed by atoms with van der Waals surface area (Å²) in [6.45, 7) is 2.11. The van der Waals surface area contributed by atoms with Crippen LogP contribution in [0.2, 0.25) is 5.02 Å². The van der Waals surface area contributed by atoms with Crippen LogP contribution in [0.15, 0.2) is 75.9 Å². The zero-order valence-corrected chi connectivity index (χ0v) is 20.7. The van der Waals surface area contributed by atoms with Crippen LogP contribution in [-0.4, -0.2) is 42.3 Å². The van der Waals surface area contributed by atoms with Gasteiger partial charge in [0.05, 0.1) is 30.3 Å².